The van der Waals surface area contributed by atoms with Crippen LogP contribution in [0.1, 0.15) is 38.2 Å². The summed E-state index contributed by atoms with van der Waals surface area (Å²) >= 11 is 0. The van der Waals surface area contributed by atoms with Crippen molar-refractivity contribution in [2.75, 3.05) is 32.7 Å². The van der Waals surface area contributed by atoms with Crippen molar-refractivity contribution in [1.82, 2.24) is 15.1 Å². The van der Waals surface area contributed by atoms with Crippen LogP contribution in [0.15, 0.2) is 30.3 Å². The van der Waals surface area contributed by atoms with E-state index < -0.39 is 0 Å². The number of nitrogens with one attached hydrogen (secondary N) is 1. The van der Waals surface area contributed by atoms with E-state index in [1.165, 1.54) is 18.4 Å². The van der Waals surface area contributed by atoms with Gasteiger partial charge in [0, 0.05) is 38.3 Å². The van der Waals surface area contributed by atoms with Crippen LogP contribution in [0.3, 0.4) is 0 Å². The highest BCUT2D eigenvalue weighted by Gasteiger charge is 2.28. The van der Waals surface area contributed by atoms with Crippen LogP contribution in [0.5, 0.6) is 0 Å². The number of hydrogen-bond acceptors (Lipinski definition) is 4. The van der Waals surface area contributed by atoms with Crippen molar-refractivity contribution in [3.05, 3.63) is 35.9 Å². The van der Waals surface area contributed by atoms with E-state index in [2.05, 4.69) is 52.4 Å². The van der Waals surface area contributed by atoms with Gasteiger partial charge in [0.25, 0.3) is 0 Å². The van der Waals surface area contributed by atoms with Crippen molar-refractivity contribution in [1.29, 1.82) is 0 Å². The minimum absolute atomic E-state index is 0.0602. The van der Waals surface area contributed by atoms with Gasteiger partial charge < -0.3 is 15.3 Å². The van der Waals surface area contributed by atoms with E-state index in [0.29, 0.717) is 12.1 Å². The van der Waals surface area contributed by atoms with Gasteiger partial charge >= 0.3 is 0 Å². The molecular weight excluding hydrogens is 298 g/mol. The summed E-state index contributed by atoms with van der Waals surface area (Å²) in [6.07, 6.45) is 4.29. The van der Waals surface area contributed by atoms with Crippen LogP contribution in [0.25, 0.3) is 0 Å². The third-order valence-electron chi connectivity index (χ3n) is 5.57. The second-order valence-corrected chi connectivity index (χ2v) is 7.58. The lowest BCUT2D eigenvalue weighted by atomic mass is 10.1. The molecule has 134 valence electrons. The van der Waals surface area contributed by atoms with Gasteiger partial charge in [-0.2, -0.15) is 0 Å². The molecule has 1 aromatic rings. The Kier molecular flexibility index (Phi) is 6.67. The first kappa shape index (κ1) is 17.9. The van der Waals surface area contributed by atoms with Crippen LogP contribution in [-0.2, 0) is 6.54 Å². The molecule has 2 heterocycles. The fourth-order valence-corrected chi connectivity index (χ4v) is 4.04. The fourth-order valence-electron chi connectivity index (χ4n) is 4.04. The van der Waals surface area contributed by atoms with Gasteiger partial charge in [-0.1, -0.05) is 30.3 Å². The summed E-state index contributed by atoms with van der Waals surface area (Å²) < 4.78 is 0. The Bertz CT molecular complexity index is 473. The standard InChI is InChI=1S/C20H33N3O/c1-17-14-19(16-23(17)15-18-6-3-2-4-7-18)21-10-5-11-22-12-8-20(24)9-13-22/h2-4,6-7,17,19-21,24H,5,8-16H2,1H3. The van der Waals surface area contributed by atoms with E-state index in [-0.39, 0.29) is 6.10 Å². The molecule has 2 N–H and O–H groups in total. The van der Waals surface area contributed by atoms with E-state index in [0.717, 1.165) is 52.1 Å². The van der Waals surface area contributed by atoms with Crippen molar-refractivity contribution in [2.45, 2.75) is 57.3 Å². The summed E-state index contributed by atoms with van der Waals surface area (Å²) in [5.41, 5.74) is 1.41. The lowest BCUT2D eigenvalue weighted by Crippen LogP contribution is -2.38. The average Bonchev–Trinajstić information content (AvgIpc) is 2.94. The molecule has 4 nitrogen and oxygen atoms in total. The molecule has 3 rings (SSSR count). The van der Waals surface area contributed by atoms with Crippen LogP contribution < -0.4 is 5.32 Å². The number of nitrogens with zero attached hydrogens (tertiary/aromatic N) is 2. The SMILES string of the molecule is CC1CC(NCCCN2CCC(O)CC2)CN1Cc1ccccc1. The first-order chi connectivity index (χ1) is 11.7. The Balaban J connectivity index is 1.32. The van der Waals surface area contributed by atoms with Crippen LogP contribution >= 0.6 is 0 Å². The van der Waals surface area contributed by atoms with Gasteiger partial charge in [0.2, 0.25) is 0 Å². The van der Waals surface area contributed by atoms with Crippen LogP contribution in [0.4, 0.5) is 0 Å². The summed E-state index contributed by atoms with van der Waals surface area (Å²) in [4.78, 5) is 5.09. The molecule has 24 heavy (non-hydrogen) atoms. The van der Waals surface area contributed by atoms with Gasteiger partial charge in [-0.3, -0.25) is 4.90 Å². The topological polar surface area (TPSA) is 38.7 Å². The molecule has 0 amide bonds. The number of hydrogen-bond donors (Lipinski definition) is 2. The van der Waals surface area contributed by atoms with E-state index >= 15 is 0 Å². The Hall–Kier alpha value is -0.940. The molecule has 0 bridgehead atoms. The molecule has 2 unspecified atom stereocenters. The number of likely N-dealkylation sites (tertiary alicyclic amines) is 2. The lowest BCUT2D eigenvalue weighted by Gasteiger charge is -2.29. The van der Waals surface area contributed by atoms with E-state index in [4.69, 9.17) is 0 Å². The number of aliphatic hydroxyl groups excluding tert-OH is 1. The van der Waals surface area contributed by atoms with Gasteiger partial charge in [0.15, 0.2) is 0 Å². The maximum Gasteiger partial charge on any atom is 0.0564 e. The maximum absolute atomic E-state index is 9.55. The third kappa shape index (κ3) is 5.28. The van der Waals surface area contributed by atoms with Crippen LogP contribution in [0, 0.1) is 0 Å². The van der Waals surface area contributed by atoms with Crippen molar-refractivity contribution >= 4 is 0 Å². The normalized spacial score (nSPS) is 26.9. The largest absolute Gasteiger partial charge is 0.393 e. The predicted octanol–water partition coefficient (Wildman–Crippen LogP) is 2.09. The molecule has 2 aliphatic heterocycles. The van der Waals surface area contributed by atoms with Gasteiger partial charge in [0.1, 0.15) is 0 Å². The Morgan fingerprint density at radius 2 is 1.92 bits per heavy atom. The molecule has 0 aromatic heterocycles. The lowest BCUT2D eigenvalue weighted by molar-refractivity contribution is 0.0820. The van der Waals surface area contributed by atoms with Crippen molar-refractivity contribution < 1.29 is 5.11 Å². The predicted molar refractivity (Wildman–Crippen MR) is 99.0 cm³/mol. The number of benzene rings is 1. The smallest absolute Gasteiger partial charge is 0.0564 e. The van der Waals surface area contributed by atoms with E-state index in [1.54, 1.807) is 0 Å². The molecule has 2 atom stereocenters. The zero-order valence-electron chi connectivity index (χ0n) is 15.0. The van der Waals surface area contributed by atoms with Crippen molar-refractivity contribution in [3.8, 4) is 0 Å². The first-order valence-electron chi connectivity index (χ1n) is 9.62. The zero-order chi connectivity index (χ0) is 16.8. The van der Waals surface area contributed by atoms with Crippen LogP contribution in [0.2, 0.25) is 0 Å². The van der Waals surface area contributed by atoms with Gasteiger partial charge in [-0.05, 0) is 51.3 Å². The second-order valence-electron chi connectivity index (χ2n) is 7.58. The molecular formula is C20H33N3O. The molecule has 4 heteroatoms. The molecule has 0 radical (unpaired) electrons. The monoisotopic (exact) mass is 331 g/mol. The minimum atomic E-state index is -0.0602. The van der Waals surface area contributed by atoms with Gasteiger partial charge in [0.05, 0.1) is 6.10 Å². The molecule has 1 aromatic carbocycles. The van der Waals surface area contributed by atoms with E-state index in [9.17, 15) is 5.11 Å². The number of aliphatic hydroxyl groups is 1. The number of piperidine rings is 1. The quantitative estimate of drug-likeness (QED) is 0.751. The highest BCUT2D eigenvalue weighted by molar-refractivity contribution is 5.15. The minimum Gasteiger partial charge on any atom is -0.393 e. The molecule has 2 saturated heterocycles. The van der Waals surface area contributed by atoms with Crippen molar-refractivity contribution in [3.63, 3.8) is 0 Å². The molecule has 0 spiro atoms. The fraction of sp³-hybridized carbons (Fsp3) is 0.700. The summed E-state index contributed by atoms with van der Waals surface area (Å²) in [5.74, 6) is 0. The molecule has 2 aliphatic rings. The Morgan fingerprint density at radius 1 is 1.17 bits per heavy atom. The highest BCUT2D eigenvalue weighted by atomic mass is 16.3. The zero-order valence-corrected chi connectivity index (χ0v) is 15.0. The number of rotatable bonds is 7. The second kappa shape index (κ2) is 8.95. The summed E-state index contributed by atoms with van der Waals surface area (Å²) in [7, 11) is 0. The maximum atomic E-state index is 9.55. The van der Waals surface area contributed by atoms with Gasteiger partial charge in [-0.25, -0.2) is 0 Å². The first-order valence-corrected chi connectivity index (χ1v) is 9.62. The third-order valence-corrected chi connectivity index (χ3v) is 5.57. The molecule has 0 aliphatic carbocycles. The van der Waals surface area contributed by atoms with Crippen molar-refractivity contribution in [2.24, 2.45) is 0 Å². The highest BCUT2D eigenvalue weighted by Crippen LogP contribution is 2.20. The Labute approximate surface area is 146 Å². The Morgan fingerprint density at radius 3 is 2.67 bits per heavy atom. The van der Waals surface area contributed by atoms with E-state index in [1.807, 2.05) is 0 Å². The molecule has 2 fully saturated rings. The summed E-state index contributed by atoms with van der Waals surface area (Å²) in [6, 6.07) is 12.1. The van der Waals surface area contributed by atoms with Gasteiger partial charge in [-0.15, -0.1) is 0 Å². The van der Waals surface area contributed by atoms with Crippen LogP contribution in [-0.4, -0.2) is 65.8 Å². The average molecular weight is 332 g/mol. The summed E-state index contributed by atoms with van der Waals surface area (Å²) in [5, 5.41) is 13.3. The summed E-state index contributed by atoms with van der Waals surface area (Å²) in [6.45, 7) is 8.97. The molecule has 0 saturated carbocycles.